The van der Waals surface area contributed by atoms with Crippen LogP contribution in [0.4, 0.5) is 10.5 Å². The first-order valence-corrected chi connectivity index (χ1v) is 11.1. The van der Waals surface area contributed by atoms with Crippen molar-refractivity contribution in [2.45, 2.75) is 39.2 Å². The molecule has 2 fully saturated rings. The van der Waals surface area contributed by atoms with Crippen molar-refractivity contribution in [2.24, 2.45) is 5.92 Å². The van der Waals surface area contributed by atoms with Gasteiger partial charge in [0.25, 0.3) is 5.91 Å². The number of carbonyl (C=O) groups is 3. The lowest BCUT2D eigenvalue weighted by atomic mass is 9.97. The largest absolute Gasteiger partial charge is 0.345 e. The van der Waals surface area contributed by atoms with Crippen LogP contribution in [0.2, 0.25) is 0 Å². The minimum atomic E-state index is -0.442. The molecule has 8 nitrogen and oxygen atoms in total. The Balaban J connectivity index is 1.71. The average molecular weight is 426 g/mol. The van der Waals surface area contributed by atoms with Crippen molar-refractivity contribution in [2.75, 3.05) is 38.1 Å². The van der Waals surface area contributed by atoms with Gasteiger partial charge in [-0.05, 0) is 63.9 Å². The van der Waals surface area contributed by atoms with Crippen molar-refractivity contribution in [3.05, 3.63) is 30.0 Å². The highest BCUT2D eigenvalue weighted by molar-refractivity contribution is 6.11. The molecule has 1 aromatic carbocycles. The first-order valence-electron chi connectivity index (χ1n) is 11.1. The van der Waals surface area contributed by atoms with E-state index in [0.29, 0.717) is 23.7 Å². The number of nitrogens with one attached hydrogen (secondary N) is 2. The number of anilines is 1. The molecule has 0 saturated carbocycles. The van der Waals surface area contributed by atoms with Crippen LogP contribution >= 0.6 is 0 Å². The summed E-state index contributed by atoms with van der Waals surface area (Å²) in [6, 6.07) is 5.46. The summed E-state index contributed by atoms with van der Waals surface area (Å²) in [4.78, 5) is 40.9. The van der Waals surface area contributed by atoms with Crippen LogP contribution < -0.4 is 15.5 Å². The number of hydrogen-bond acceptors (Lipinski definition) is 4. The maximum absolute atomic E-state index is 13.4. The first-order chi connectivity index (χ1) is 14.8. The van der Waals surface area contributed by atoms with E-state index in [-0.39, 0.29) is 24.3 Å². The van der Waals surface area contributed by atoms with Gasteiger partial charge in [-0.1, -0.05) is 0 Å². The normalized spacial score (nSPS) is 18.0. The monoisotopic (exact) mass is 425 g/mol. The Kier molecular flexibility index (Phi) is 6.00. The molecule has 4 rings (SSSR count). The summed E-state index contributed by atoms with van der Waals surface area (Å²) in [5.41, 5.74) is 2.14. The van der Waals surface area contributed by atoms with Crippen LogP contribution in [0.5, 0.6) is 0 Å². The third kappa shape index (κ3) is 4.30. The summed E-state index contributed by atoms with van der Waals surface area (Å²) in [6.07, 6.45) is 4.37. The quantitative estimate of drug-likeness (QED) is 0.771. The van der Waals surface area contributed by atoms with E-state index in [4.69, 9.17) is 0 Å². The maximum Gasteiger partial charge on any atom is 0.328 e. The molecule has 2 saturated heterocycles. The van der Waals surface area contributed by atoms with Crippen molar-refractivity contribution in [1.82, 2.24) is 20.1 Å². The second-order valence-corrected chi connectivity index (χ2v) is 8.88. The van der Waals surface area contributed by atoms with Crippen LogP contribution in [0.15, 0.2) is 24.4 Å². The maximum atomic E-state index is 13.4. The van der Waals surface area contributed by atoms with Gasteiger partial charge in [0.05, 0.1) is 11.2 Å². The van der Waals surface area contributed by atoms with Gasteiger partial charge in [0.1, 0.15) is 0 Å². The van der Waals surface area contributed by atoms with Crippen LogP contribution in [-0.4, -0.2) is 60.5 Å². The van der Waals surface area contributed by atoms with E-state index in [1.54, 1.807) is 15.9 Å². The number of rotatable bonds is 5. The van der Waals surface area contributed by atoms with Crippen LogP contribution in [-0.2, 0) is 4.79 Å². The van der Waals surface area contributed by atoms with Gasteiger partial charge < -0.3 is 14.8 Å². The molecule has 0 radical (unpaired) electrons. The Hall–Kier alpha value is -2.87. The lowest BCUT2D eigenvalue weighted by molar-refractivity contribution is -0.120. The van der Waals surface area contributed by atoms with Gasteiger partial charge in [-0.15, -0.1) is 0 Å². The van der Waals surface area contributed by atoms with E-state index < -0.39 is 6.03 Å². The number of amides is 4. The third-order valence-corrected chi connectivity index (χ3v) is 6.30. The summed E-state index contributed by atoms with van der Waals surface area (Å²) >= 11 is 0. The van der Waals surface area contributed by atoms with Crippen LogP contribution in [0.1, 0.15) is 49.5 Å². The summed E-state index contributed by atoms with van der Waals surface area (Å²) in [7, 11) is 1.85. The van der Waals surface area contributed by atoms with E-state index >= 15 is 0 Å². The Labute approximate surface area is 182 Å². The molecule has 8 heteroatoms. The van der Waals surface area contributed by atoms with Gasteiger partial charge in [0.15, 0.2) is 0 Å². The molecule has 3 heterocycles. The SMILES string of the molecule is CC(C)n1ccc2c(N3CCC(=O)NC3=O)cc(C(=O)N(C)CC3CCNCC3)cc21. The number of imide groups is 1. The fourth-order valence-corrected chi connectivity index (χ4v) is 4.59. The van der Waals surface area contributed by atoms with Crippen molar-refractivity contribution in [1.29, 1.82) is 0 Å². The highest BCUT2D eigenvalue weighted by Crippen LogP contribution is 2.33. The van der Waals surface area contributed by atoms with E-state index in [0.717, 1.165) is 43.4 Å². The molecular formula is C23H31N5O3. The number of carbonyl (C=O) groups excluding carboxylic acids is 3. The van der Waals surface area contributed by atoms with E-state index in [1.807, 2.05) is 25.4 Å². The number of hydrogen-bond donors (Lipinski definition) is 2. The minimum Gasteiger partial charge on any atom is -0.345 e. The predicted molar refractivity (Wildman–Crippen MR) is 120 cm³/mol. The molecule has 0 atom stereocenters. The summed E-state index contributed by atoms with van der Waals surface area (Å²) in [6.45, 7) is 7.18. The highest BCUT2D eigenvalue weighted by Gasteiger charge is 2.28. The fourth-order valence-electron chi connectivity index (χ4n) is 4.59. The number of fused-ring (bicyclic) bond motifs is 1. The average Bonchev–Trinajstić information content (AvgIpc) is 3.18. The Morgan fingerprint density at radius 2 is 1.97 bits per heavy atom. The molecule has 0 bridgehead atoms. The topological polar surface area (TPSA) is 86.7 Å². The van der Waals surface area contributed by atoms with Gasteiger partial charge >= 0.3 is 6.03 Å². The molecule has 31 heavy (non-hydrogen) atoms. The second kappa shape index (κ2) is 8.70. The fraction of sp³-hybridized carbons (Fsp3) is 0.522. The molecule has 2 N–H and O–H groups in total. The molecule has 0 unspecified atom stereocenters. The van der Waals surface area contributed by atoms with Crippen molar-refractivity contribution in [3.8, 4) is 0 Å². The number of piperidine rings is 1. The van der Waals surface area contributed by atoms with Gasteiger partial charge in [0, 0.05) is 49.7 Å². The zero-order chi connectivity index (χ0) is 22.1. The van der Waals surface area contributed by atoms with Gasteiger partial charge in [0.2, 0.25) is 5.91 Å². The van der Waals surface area contributed by atoms with Crippen molar-refractivity contribution in [3.63, 3.8) is 0 Å². The summed E-state index contributed by atoms with van der Waals surface area (Å²) in [5, 5.41) is 6.65. The number of benzene rings is 1. The van der Waals surface area contributed by atoms with Crippen LogP contribution in [0.25, 0.3) is 10.9 Å². The van der Waals surface area contributed by atoms with E-state index in [2.05, 4.69) is 29.0 Å². The van der Waals surface area contributed by atoms with E-state index in [1.165, 1.54) is 0 Å². The predicted octanol–water partition coefficient (Wildman–Crippen LogP) is 2.74. The molecular weight excluding hydrogens is 394 g/mol. The summed E-state index contributed by atoms with van der Waals surface area (Å²) < 4.78 is 2.11. The molecule has 1 aromatic heterocycles. The second-order valence-electron chi connectivity index (χ2n) is 8.88. The zero-order valence-electron chi connectivity index (χ0n) is 18.5. The zero-order valence-corrected chi connectivity index (χ0v) is 18.5. The van der Waals surface area contributed by atoms with Gasteiger partial charge in [-0.25, -0.2) is 4.79 Å². The molecule has 2 aromatic rings. The Morgan fingerprint density at radius 3 is 2.65 bits per heavy atom. The molecule has 2 aliphatic rings. The smallest absolute Gasteiger partial charge is 0.328 e. The number of aromatic nitrogens is 1. The first kappa shape index (κ1) is 21.4. The Morgan fingerprint density at radius 1 is 1.23 bits per heavy atom. The van der Waals surface area contributed by atoms with Crippen molar-refractivity contribution < 1.29 is 14.4 Å². The van der Waals surface area contributed by atoms with E-state index in [9.17, 15) is 14.4 Å². The molecule has 166 valence electrons. The molecule has 0 spiro atoms. The van der Waals surface area contributed by atoms with Crippen LogP contribution in [0, 0.1) is 5.92 Å². The third-order valence-electron chi connectivity index (χ3n) is 6.30. The van der Waals surface area contributed by atoms with Crippen LogP contribution in [0.3, 0.4) is 0 Å². The standard InChI is InChI=1S/C23H31N5O3/c1-15(2)27-10-6-18-19(27)12-17(13-20(18)28-11-7-21(29)25-23(28)31)22(30)26(3)14-16-4-8-24-9-5-16/h6,10,12-13,15-16,24H,4-5,7-9,11,14H2,1-3H3,(H,25,29,31). The number of urea groups is 1. The van der Waals surface area contributed by atoms with Gasteiger partial charge in [-0.3, -0.25) is 19.8 Å². The highest BCUT2D eigenvalue weighted by atomic mass is 16.2. The van der Waals surface area contributed by atoms with Crippen molar-refractivity contribution >= 4 is 34.4 Å². The lowest BCUT2D eigenvalue weighted by Crippen LogP contribution is -2.49. The molecule has 0 aliphatic carbocycles. The molecule has 2 aliphatic heterocycles. The lowest BCUT2D eigenvalue weighted by Gasteiger charge is -2.29. The minimum absolute atomic E-state index is 0.0494. The van der Waals surface area contributed by atoms with Gasteiger partial charge in [-0.2, -0.15) is 0 Å². The Bertz CT molecular complexity index is 1010. The summed E-state index contributed by atoms with van der Waals surface area (Å²) in [5.74, 6) is 0.176. The molecule has 4 amide bonds. The number of nitrogens with zero attached hydrogens (tertiary/aromatic N) is 3.